The van der Waals surface area contributed by atoms with Gasteiger partial charge in [-0.05, 0) is 30.7 Å². The molecule has 0 bridgehead atoms. The molecule has 3 nitrogen and oxygen atoms in total. The van der Waals surface area contributed by atoms with Crippen molar-refractivity contribution < 1.29 is 4.79 Å². The van der Waals surface area contributed by atoms with E-state index in [0.717, 1.165) is 19.3 Å². The molecule has 0 spiro atoms. The molecule has 0 aromatic carbocycles. The number of nitrogens with zero attached hydrogens (tertiary/aromatic N) is 1. The molecule has 2 rings (SSSR count). The fraction of sp³-hybridized carbons (Fsp3) is 0.538. The quantitative estimate of drug-likeness (QED) is 0.890. The van der Waals surface area contributed by atoms with Crippen molar-refractivity contribution in [2.24, 2.45) is 5.41 Å². The van der Waals surface area contributed by atoms with Crippen molar-refractivity contribution in [3.63, 3.8) is 0 Å². The fourth-order valence-electron chi connectivity index (χ4n) is 2.29. The number of thiophene rings is 1. The summed E-state index contributed by atoms with van der Waals surface area (Å²) < 4.78 is 0. The van der Waals surface area contributed by atoms with Crippen LogP contribution in [-0.2, 0) is 11.2 Å². The van der Waals surface area contributed by atoms with Crippen molar-refractivity contribution in [1.82, 2.24) is 5.32 Å². The van der Waals surface area contributed by atoms with E-state index >= 15 is 0 Å². The zero-order valence-electron chi connectivity index (χ0n) is 9.74. The second kappa shape index (κ2) is 5.33. The minimum atomic E-state index is -0.741. The van der Waals surface area contributed by atoms with Gasteiger partial charge in [-0.3, -0.25) is 4.79 Å². The summed E-state index contributed by atoms with van der Waals surface area (Å²) in [5, 5.41) is 14.1. The van der Waals surface area contributed by atoms with Crippen LogP contribution in [0.4, 0.5) is 0 Å². The first-order valence-corrected chi connectivity index (χ1v) is 6.87. The maximum atomic E-state index is 12.0. The van der Waals surface area contributed by atoms with E-state index in [1.54, 1.807) is 11.3 Å². The topological polar surface area (TPSA) is 52.9 Å². The molecular weight excluding hydrogens is 232 g/mol. The Morgan fingerprint density at radius 2 is 2.29 bits per heavy atom. The lowest BCUT2D eigenvalue weighted by molar-refractivity contribution is -0.127. The fourth-order valence-corrected chi connectivity index (χ4v) is 3.00. The Kier molecular flexibility index (Phi) is 3.80. The Balaban J connectivity index is 1.83. The van der Waals surface area contributed by atoms with E-state index in [9.17, 15) is 4.79 Å². The average molecular weight is 248 g/mol. The largest absolute Gasteiger partial charge is 0.354 e. The molecule has 0 radical (unpaired) electrons. The van der Waals surface area contributed by atoms with Crippen LogP contribution in [0.2, 0.25) is 0 Å². The average Bonchev–Trinajstić information content (AvgIpc) is 3.00. The van der Waals surface area contributed by atoms with Crippen LogP contribution in [0.5, 0.6) is 0 Å². The van der Waals surface area contributed by atoms with Gasteiger partial charge in [0.05, 0.1) is 6.07 Å². The summed E-state index contributed by atoms with van der Waals surface area (Å²) in [6.45, 7) is 0.628. The molecule has 1 N–H and O–H groups in total. The second-order valence-corrected chi connectivity index (χ2v) is 5.52. The summed E-state index contributed by atoms with van der Waals surface area (Å²) in [6, 6.07) is 6.28. The third kappa shape index (κ3) is 2.67. The molecule has 1 amide bonds. The van der Waals surface area contributed by atoms with Gasteiger partial charge in [0.1, 0.15) is 5.41 Å². The lowest BCUT2D eigenvalue weighted by atomic mass is 9.87. The summed E-state index contributed by atoms with van der Waals surface area (Å²) in [5.74, 6) is -0.0749. The Hall–Kier alpha value is -1.34. The molecule has 1 aliphatic rings. The van der Waals surface area contributed by atoms with Crippen LogP contribution in [0.3, 0.4) is 0 Å². The molecule has 1 aliphatic carbocycles. The maximum Gasteiger partial charge on any atom is 0.240 e. The number of carbonyl (C=O) groups excluding carboxylic acids is 1. The van der Waals surface area contributed by atoms with E-state index in [1.165, 1.54) is 4.88 Å². The third-order valence-electron chi connectivity index (χ3n) is 3.34. The molecule has 0 unspecified atom stereocenters. The first-order chi connectivity index (χ1) is 8.27. The van der Waals surface area contributed by atoms with Gasteiger partial charge in [0.25, 0.3) is 0 Å². The minimum Gasteiger partial charge on any atom is -0.354 e. The zero-order chi connectivity index (χ0) is 12.1. The van der Waals surface area contributed by atoms with Crippen LogP contribution < -0.4 is 5.32 Å². The van der Waals surface area contributed by atoms with Gasteiger partial charge in [-0.15, -0.1) is 11.3 Å². The van der Waals surface area contributed by atoms with Crippen LogP contribution in [0, 0.1) is 16.7 Å². The van der Waals surface area contributed by atoms with E-state index in [4.69, 9.17) is 5.26 Å². The zero-order valence-corrected chi connectivity index (χ0v) is 10.6. The van der Waals surface area contributed by atoms with Crippen molar-refractivity contribution in [3.05, 3.63) is 22.4 Å². The van der Waals surface area contributed by atoms with Crippen LogP contribution >= 0.6 is 11.3 Å². The number of nitrogens with one attached hydrogen (secondary N) is 1. The van der Waals surface area contributed by atoms with E-state index in [1.807, 2.05) is 11.4 Å². The number of carbonyl (C=O) groups is 1. The molecule has 1 aromatic heterocycles. The highest BCUT2D eigenvalue weighted by atomic mass is 32.1. The van der Waals surface area contributed by atoms with Crippen LogP contribution in [0.25, 0.3) is 0 Å². The van der Waals surface area contributed by atoms with Gasteiger partial charge in [0.2, 0.25) is 5.91 Å². The van der Waals surface area contributed by atoms with Gasteiger partial charge in [-0.2, -0.15) is 5.26 Å². The molecule has 1 heterocycles. The van der Waals surface area contributed by atoms with Gasteiger partial charge in [-0.25, -0.2) is 0 Å². The number of rotatable bonds is 4. The first-order valence-electron chi connectivity index (χ1n) is 5.99. The van der Waals surface area contributed by atoms with Gasteiger partial charge in [0, 0.05) is 11.4 Å². The van der Waals surface area contributed by atoms with Crippen molar-refractivity contribution in [1.29, 1.82) is 5.26 Å². The summed E-state index contributed by atoms with van der Waals surface area (Å²) in [5.41, 5.74) is -0.741. The van der Waals surface area contributed by atoms with Gasteiger partial charge < -0.3 is 5.32 Å². The summed E-state index contributed by atoms with van der Waals surface area (Å²) in [7, 11) is 0. The lowest BCUT2D eigenvalue weighted by Crippen LogP contribution is -2.39. The molecule has 0 atom stereocenters. The minimum absolute atomic E-state index is 0.0749. The highest BCUT2D eigenvalue weighted by Crippen LogP contribution is 2.37. The molecule has 90 valence electrons. The molecule has 1 fully saturated rings. The number of nitriles is 1. The van der Waals surface area contributed by atoms with Crippen molar-refractivity contribution in [2.45, 2.75) is 32.1 Å². The number of hydrogen-bond donors (Lipinski definition) is 1. The van der Waals surface area contributed by atoms with Crippen molar-refractivity contribution in [2.75, 3.05) is 6.54 Å². The molecule has 17 heavy (non-hydrogen) atoms. The summed E-state index contributed by atoms with van der Waals surface area (Å²) >= 11 is 1.70. The van der Waals surface area contributed by atoms with Crippen LogP contribution in [-0.4, -0.2) is 12.5 Å². The summed E-state index contributed by atoms with van der Waals surface area (Å²) in [4.78, 5) is 13.3. The standard InChI is InChI=1S/C13H16N2OS/c14-10-13(6-1-2-7-13)12(16)15-8-5-11-4-3-9-17-11/h3-4,9H,1-2,5-8H2,(H,15,16). The van der Waals surface area contributed by atoms with Crippen molar-refractivity contribution >= 4 is 17.2 Å². The van der Waals surface area contributed by atoms with Crippen LogP contribution in [0.1, 0.15) is 30.6 Å². The summed E-state index contributed by atoms with van der Waals surface area (Å²) in [6.07, 6.45) is 4.27. The smallest absolute Gasteiger partial charge is 0.240 e. The Morgan fingerprint density at radius 1 is 1.53 bits per heavy atom. The maximum absolute atomic E-state index is 12.0. The number of hydrogen-bond acceptors (Lipinski definition) is 3. The molecule has 0 saturated heterocycles. The monoisotopic (exact) mass is 248 g/mol. The van der Waals surface area contributed by atoms with Crippen molar-refractivity contribution in [3.8, 4) is 6.07 Å². The predicted molar refractivity (Wildman–Crippen MR) is 67.5 cm³/mol. The Bertz CT molecular complexity index is 413. The number of amides is 1. The third-order valence-corrected chi connectivity index (χ3v) is 4.28. The molecular formula is C13H16N2OS. The van der Waals surface area contributed by atoms with Gasteiger partial charge in [0.15, 0.2) is 0 Å². The molecule has 0 aliphatic heterocycles. The molecule has 4 heteroatoms. The molecule has 1 saturated carbocycles. The van der Waals surface area contributed by atoms with Gasteiger partial charge >= 0.3 is 0 Å². The second-order valence-electron chi connectivity index (χ2n) is 4.49. The Labute approximate surface area is 105 Å². The highest BCUT2D eigenvalue weighted by molar-refractivity contribution is 7.09. The predicted octanol–water partition coefficient (Wildman–Crippen LogP) is 2.49. The van der Waals surface area contributed by atoms with E-state index in [0.29, 0.717) is 19.4 Å². The van der Waals surface area contributed by atoms with E-state index in [2.05, 4.69) is 17.5 Å². The van der Waals surface area contributed by atoms with Crippen LogP contribution in [0.15, 0.2) is 17.5 Å². The highest BCUT2D eigenvalue weighted by Gasteiger charge is 2.41. The van der Waals surface area contributed by atoms with E-state index < -0.39 is 5.41 Å². The SMILES string of the molecule is N#CC1(C(=O)NCCc2cccs2)CCCC1. The van der Waals surface area contributed by atoms with E-state index in [-0.39, 0.29) is 5.91 Å². The first kappa shape index (κ1) is 12.1. The Morgan fingerprint density at radius 3 is 2.88 bits per heavy atom. The normalized spacial score (nSPS) is 17.6. The van der Waals surface area contributed by atoms with Gasteiger partial charge in [-0.1, -0.05) is 18.9 Å². The molecule has 1 aromatic rings. The lowest BCUT2D eigenvalue weighted by Gasteiger charge is -2.18.